The third-order valence-corrected chi connectivity index (χ3v) is 14.1. The van der Waals surface area contributed by atoms with Gasteiger partial charge in [-0.15, -0.1) is 0 Å². The summed E-state index contributed by atoms with van der Waals surface area (Å²) in [4.78, 5) is 33.9. The lowest BCUT2D eigenvalue weighted by molar-refractivity contribution is -0.123. The van der Waals surface area contributed by atoms with Crippen LogP contribution in [0.4, 0.5) is 32.2 Å². The predicted molar refractivity (Wildman–Crippen MR) is 224 cm³/mol. The van der Waals surface area contributed by atoms with Gasteiger partial charge in [0.25, 0.3) is 17.9 Å². The quantitative estimate of drug-likeness (QED) is 0.113. The number of sulfone groups is 1. The summed E-state index contributed by atoms with van der Waals surface area (Å²) in [6, 6.07) is 7.73. The molecule has 0 saturated heterocycles. The smallest absolute Gasteiger partial charge is 0.293 e. The zero-order chi connectivity index (χ0) is 46.6. The number of nitrogens with zero attached hydrogens (tertiary/aromatic N) is 6. The molecule has 6 aromatic rings. The minimum atomic E-state index is -3.95. The Labute approximate surface area is 365 Å². The monoisotopic (exact) mass is 948 g/mol. The number of alkyl halides is 4. The number of carbonyl (C=O) groups is 1. The fourth-order valence-corrected chi connectivity index (χ4v) is 8.95. The number of rotatable bonds is 11. The van der Waals surface area contributed by atoms with Crippen LogP contribution in [0.25, 0.3) is 27.5 Å². The topological polar surface area (TPSA) is 180 Å². The number of sulfonamides is 1. The molecule has 1 amide bonds. The van der Waals surface area contributed by atoms with E-state index in [1.165, 1.54) is 55.9 Å². The third kappa shape index (κ3) is 7.97. The number of carbonyl (C=O) groups excluding carboxylic acids is 1. The van der Waals surface area contributed by atoms with Crippen LogP contribution in [0.2, 0.25) is 5.02 Å². The van der Waals surface area contributed by atoms with E-state index in [-0.39, 0.29) is 67.3 Å². The van der Waals surface area contributed by atoms with Gasteiger partial charge in [-0.25, -0.2) is 39.4 Å². The maximum Gasteiger partial charge on any atom is 0.293 e. The van der Waals surface area contributed by atoms with Crippen molar-refractivity contribution in [1.29, 1.82) is 0 Å². The summed E-state index contributed by atoms with van der Waals surface area (Å²) in [5.74, 6) is -3.91. The summed E-state index contributed by atoms with van der Waals surface area (Å²) in [5, 5.41) is 10.6. The molecule has 0 radical (unpaired) electrons. The van der Waals surface area contributed by atoms with E-state index < -0.39 is 102 Å². The minimum absolute atomic E-state index is 0.00831. The van der Waals surface area contributed by atoms with E-state index in [0.717, 1.165) is 29.2 Å². The first-order chi connectivity index (χ1) is 29.8. The molecule has 2 aliphatic rings. The SMILES string of the molecule is Cn1nc(NS(C)(=O)=O)c2c(Cl)ccc(-n3c([C@H](Cc4cc(F)cc(F)c4)NC(=O)Cn4nc(C(F)F)c5c4C(F)(F)C4CC54)nc4cc(C#CC(C)(C)S(C)(=O)=O)ccc4c3=O)c21. The molecule has 3 aromatic heterocycles. The lowest BCUT2D eigenvalue weighted by Crippen LogP contribution is -2.38. The first-order valence-electron chi connectivity index (χ1n) is 19.2. The van der Waals surface area contributed by atoms with E-state index >= 15 is 8.78 Å². The molecule has 0 bridgehead atoms. The van der Waals surface area contributed by atoms with Crippen LogP contribution in [0.15, 0.2) is 53.3 Å². The zero-order valence-corrected chi connectivity index (χ0v) is 36.5. The van der Waals surface area contributed by atoms with E-state index in [9.17, 15) is 44.0 Å². The van der Waals surface area contributed by atoms with Crippen molar-refractivity contribution in [3.63, 3.8) is 0 Å². The van der Waals surface area contributed by atoms with Gasteiger partial charge in [-0.1, -0.05) is 23.4 Å². The van der Waals surface area contributed by atoms with Gasteiger partial charge in [-0.3, -0.25) is 28.2 Å². The molecule has 0 spiro atoms. The Morgan fingerprint density at radius 2 is 1.72 bits per heavy atom. The highest BCUT2D eigenvalue weighted by Gasteiger charge is 2.67. The van der Waals surface area contributed by atoms with Crippen LogP contribution in [0, 0.1) is 29.4 Å². The molecule has 1 saturated carbocycles. The average molecular weight is 949 g/mol. The van der Waals surface area contributed by atoms with E-state index in [1.54, 1.807) is 0 Å². The van der Waals surface area contributed by atoms with Gasteiger partial charge >= 0.3 is 0 Å². The fraction of sp³-hybridized carbons (Fsp3) is 0.341. The highest BCUT2D eigenvalue weighted by atomic mass is 35.5. The second kappa shape index (κ2) is 15.4. The van der Waals surface area contributed by atoms with Crippen LogP contribution >= 0.6 is 11.6 Å². The Hall–Kier alpha value is -5.92. The second-order valence-electron chi connectivity index (χ2n) is 16.3. The third-order valence-electron chi connectivity index (χ3n) is 11.2. The standard InChI is InChI=1S/C41H35ClF6N8O6S2/c1-40(2,63(4,59)60)11-10-19-6-7-23-27(14-19)50-38(56(39(23)58)29-9-8-26(42)32-34(29)54(3)52-37(32)53-64(5,61)62)28(15-20-12-21(43)16-22(44)13-20)49-30(57)18-55-35-31(33(51-55)36(45)46)24-17-25(24)41(35,47)48/h6-9,12-14,16,24-25,28,36H,15,17-18H2,1-5H3,(H,49,57)(H,52,53)/t24?,25?,28-/m0/s1. The van der Waals surface area contributed by atoms with Crippen LogP contribution in [-0.2, 0) is 50.6 Å². The average Bonchev–Trinajstić information content (AvgIpc) is 3.71. The van der Waals surface area contributed by atoms with Crippen molar-refractivity contribution >= 4 is 65.0 Å². The van der Waals surface area contributed by atoms with Crippen molar-refractivity contribution in [2.75, 3.05) is 17.2 Å². The summed E-state index contributed by atoms with van der Waals surface area (Å²) in [7, 11) is -6.19. The fourth-order valence-electron chi connectivity index (χ4n) is 7.97. The number of anilines is 1. The maximum absolute atomic E-state index is 15.5. The maximum atomic E-state index is 15.5. The van der Waals surface area contributed by atoms with Gasteiger partial charge in [0.1, 0.15) is 40.1 Å². The Morgan fingerprint density at radius 1 is 1.03 bits per heavy atom. The Kier molecular flexibility index (Phi) is 10.7. The minimum Gasteiger partial charge on any atom is -0.344 e. The van der Waals surface area contributed by atoms with Crippen molar-refractivity contribution in [3.05, 3.63) is 109 Å². The molecular weight excluding hydrogens is 914 g/mol. The van der Waals surface area contributed by atoms with Gasteiger partial charge in [0, 0.05) is 42.8 Å². The van der Waals surface area contributed by atoms with Gasteiger partial charge in [-0.05, 0) is 74.2 Å². The highest BCUT2D eigenvalue weighted by Crippen LogP contribution is 2.68. The van der Waals surface area contributed by atoms with Crippen LogP contribution in [-0.4, -0.2) is 69.1 Å². The van der Waals surface area contributed by atoms with Crippen LogP contribution in [0.1, 0.15) is 72.6 Å². The lowest BCUT2D eigenvalue weighted by atomic mass is 10.0. The summed E-state index contributed by atoms with van der Waals surface area (Å²) >= 11 is 6.61. The summed E-state index contributed by atoms with van der Waals surface area (Å²) in [5.41, 5.74) is -2.78. The van der Waals surface area contributed by atoms with E-state index in [0.29, 0.717) is 10.7 Å². The number of hydrogen-bond donors (Lipinski definition) is 2. The summed E-state index contributed by atoms with van der Waals surface area (Å²) in [6.07, 6.45) is -1.90. The number of benzene rings is 3. The molecule has 23 heteroatoms. The van der Waals surface area contributed by atoms with Crippen molar-refractivity contribution in [1.82, 2.24) is 34.4 Å². The van der Waals surface area contributed by atoms with E-state index in [4.69, 9.17) is 16.6 Å². The van der Waals surface area contributed by atoms with Crippen molar-refractivity contribution in [3.8, 4) is 17.5 Å². The normalized spacial score (nSPS) is 17.3. The number of fused-ring (bicyclic) bond motifs is 5. The van der Waals surface area contributed by atoms with Crippen LogP contribution in [0.3, 0.4) is 0 Å². The Balaban J connectivity index is 1.35. The molecule has 2 aliphatic carbocycles. The molecule has 336 valence electrons. The number of aryl methyl sites for hydroxylation is 1. The number of hydrogen-bond acceptors (Lipinski definition) is 9. The molecule has 3 atom stereocenters. The van der Waals surface area contributed by atoms with Crippen LogP contribution < -0.4 is 15.6 Å². The Bertz CT molecular complexity index is 3320. The first kappa shape index (κ1) is 44.7. The second-order valence-corrected chi connectivity index (χ2v) is 21.0. The molecule has 64 heavy (non-hydrogen) atoms. The number of halogens is 7. The molecule has 3 heterocycles. The molecule has 0 aliphatic heterocycles. The zero-order valence-electron chi connectivity index (χ0n) is 34.1. The first-order valence-corrected chi connectivity index (χ1v) is 23.4. The molecule has 14 nitrogen and oxygen atoms in total. The van der Waals surface area contributed by atoms with Crippen molar-refractivity contribution in [2.45, 2.75) is 62.3 Å². The largest absolute Gasteiger partial charge is 0.344 e. The van der Waals surface area contributed by atoms with Gasteiger partial charge in [0.05, 0.1) is 44.8 Å². The van der Waals surface area contributed by atoms with Gasteiger partial charge in [-0.2, -0.15) is 19.0 Å². The van der Waals surface area contributed by atoms with Crippen molar-refractivity contribution in [2.24, 2.45) is 13.0 Å². The molecule has 2 N–H and O–H groups in total. The predicted octanol–water partition coefficient (Wildman–Crippen LogP) is 6.19. The molecule has 8 rings (SSSR count). The lowest BCUT2D eigenvalue weighted by Gasteiger charge is -2.24. The molecule has 1 fully saturated rings. The Morgan fingerprint density at radius 3 is 2.36 bits per heavy atom. The van der Waals surface area contributed by atoms with Gasteiger partial charge in [0.2, 0.25) is 15.9 Å². The van der Waals surface area contributed by atoms with E-state index in [2.05, 4.69) is 32.1 Å². The number of amides is 1. The molecule has 3 aromatic carbocycles. The highest BCUT2D eigenvalue weighted by molar-refractivity contribution is 7.92. The number of nitrogens with one attached hydrogen (secondary N) is 2. The summed E-state index contributed by atoms with van der Waals surface area (Å²) in [6.45, 7) is 1.76. The van der Waals surface area contributed by atoms with Gasteiger partial charge in [0.15, 0.2) is 15.7 Å². The van der Waals surface area contributed by atoms with E-state index in [1.807, 2.05) is 0 Å². The molecule has 2 unspecified atom stereocenters. The molecular formula is C41H35ClF6N8O6S2. The summed E-state index contributed by atoms with van der Waals surface area (Å²) < 4.78 is 142. The van der Waals surface area contributed by atoms with Gasteiger partial charge < -0.3 is 5.32 Å². The van der Waals surface area contributed by atoms with Crippen LogP contribution in [0.5, 0.6) is 0 Å². The number of aromatic nitrogens is 6. The van der Waals surface area contributed by atoms with Crippen molar-refractivity contribution < 1.29 is 48.0 Å².